The van der Waals surface area contributed by atoms with E-state index in [-0.39, 0.29) is 5.97 Å². The Morgan fingerprint density at radius 2 is 1.52 bits per heavy atom. The largest absolute Gasteiger partial charge is 0.493 e. The first-order valence-corrected chi connectivity index (χ1v) is 7.67. The average Bonchev–Trinajstić information content (AvgIpc) is 2.62. The summed E-state index contributed by atoms with van der Waals surface area (Å²) in [6.45, 7) is 0.863. The molecule has 0 aliphatic carbocycles. The minimum absolute atomic E-state index is 0.295. The van der Waals surface area contributed by atoms with Crippen molar-refractivity contribution in [2.45, 2.75) is 6.42 Å². The van der Waals surface area contributed by atoms with Crippen LogP contribution >= 0.6 is 0 Å². The molecule has 3 rings (SSSR count). The van der Waals surface area contributed by atoms with Crippen LogP contribution in [0.4, 0.5) is 0 Å². The molecule has 0 atom stereocenters. The second-order valence-corrected chi connectivity index (χ2v) is 5.21. The van der Waals surface area contributed by atoms with Gasteiger partial charge in [0.2, 0.25) is 0 Å². The van der Waals surface area contributed by atoms with Gasteiger partial charge in [-0.25, -0.2) is 4.79 Å². The van der Waals surface area contributed by atoms with Crippen LogP contribution in [0, 0.1) is 0 Å². The van der Waals surface area contributed by atoms with E-state index in [2.05, 4.69) is 12.1 Å². The highest BCUT2D eigenvalue weighted by molar-refractivity contribution is 5.89. The summed E-state index contributed by atoms with van der Waals surface area (Å²) in [5.74, 6) is 0.536. The van der Waals surface area contributed by atoms with Gasteiger partial charge in [-0.15, -0.1) is 0 Å². The maximum Gasteiger partial charge on any atom is 0.338 e. The highest BCUT2D eigenvalue weighted by Gasteiger charge is 2.05. The Bertz CT molecular complexity index is 781. The van der Waals surface area contributed by atoms with E-state index in [1.54, 1.807) is 12.1 Å². The van der Waals surface area contributed by atoms with Crippen molar-refractivity contribution in [1.29, 1.82) is 0 Å². The number of hydrogen-bond donors (Lipinski definition) is 0. The van der Waals surface area contributed by atoms with E-state index >= 15 is 0 Å². The zero-order valence-corrected chi connectivity index (χ0v) is 12.8. The number of fused-ring (bicyclic) bond motifs is 1. The highest BCUT2D eigenvalue weighted by Crippen LogP contribution is 2.20. The van der Waals surface area contributed by atoms with Gasteiger partial charge in [0.05, 0.1) is 18.8 Å². The van der Waals surface area contributed by atoms with Crippen molar-refractivity contribution in [3.05, 3.63) is 78.4 Å². The van der Waals surface area contributed by atoms with Gasteiger partial charge in [0.15, 0.2) is 0 Å². The van der Waals surface area contributed by atoms with E-state index in [1.165, 1.54) is 5.39 Å². The summed E-state index contributed by atoms with van der Waals surface area (Å²) >= 11 is 0. The van der Waals surface area contributed by atoms with Crippen LogP contribution in [0.3, 0.4) is 0 Å². The predicted octanol–water partition coefficient (Wildman–Crippen LogP) is 4.47. The topological polar surface area (TPSA) is 35.5 Å². The average molecular weight is 306 g/mol. The molecule has 3 nitrogen and oxygen atoms in total. The molecular weight excluding hydrogens is 288 g/mol. The van der Waals surface area contributed by atoms with E-state index < -0.39 is 0 Å². The number of ether oxygens (including phenoxy) is 2. The Balaban J connectivity index is 1.43. The molecule has 0 saturated heterocycles. The quantitative estimate of drug-likeness (QED) is 0.498. The normalized spacial score (nSPS) is 10.4. The monoisotopic (exact) mass is 306 g/mol. The first kappa shape index (κ1) is 15.1. The van der Waals surface area contributed by atoms with Gasteiger partial charge in [-0.1, -0.05) is 48.5 Å². The molecule has 0 aliphatic heterocycles. The van der Waals surface area contributed by atoms with Crippen molar-refractivity contribution >= 4 is 16.7 Å². The smallest absolute Gasteiger partial charge is 0.338 e. The van der Waals surface area contributed by atoms with Crippen molar-refractivity contribution in [1.82, 2.24) is 0 Å². The fourth-order valence-corrected chi connectivity index (χ4v) is 2.33. The standard InChI is InChI=1S/C20H18O3/c21-20(17-8-2-1-3-9-17)23-14-6-13-22-19-12-11-16-7-4-5-10-18(16)15-19/h1-5,7-12,15H,6,13-14H2. The van der Waals surface area contributed by atoms with E-state index in [0.717, 1.165) is 11.1 Å². The summed E-state index contributed by atoms with van der Waals surface area (Å²) < 4.78 is 10.9. The third-order valence-electron chi connectivity index (χ3n) is 3.52. The third kappa shape index (κ3) is 4.10. The lowest BCUT2D eigenvalue weighted by atomic mass is 10.1. The maximum absolute atomic E-state index is 11.8. The second-order valence-electron chi connectivity index (χ2n) is 5.21. The number of carbonyl (C=O) groups is 1. The number of esters is 1. The predicted molar refractivity (Wildman–Crippen MR) is 90.8 cm³/mol. The van der Waals surface area contributed by atoms with Crippen molar-refractivity contribution in [3.63, 3.8) is 0 Å². The fraction of sp³-hybridized carbons (Fsp3) is 0.150. The van der Waals surface area contributed by atoms with Gasteiger partial charge in [0, 0.05) is 6.42 Å². The molecule has 3 heteroatoms. The number of carbonyl (C=O) groups excluding carboxylic acids is 1. The highest BCUT2D eigenvalue weighted by atomic mass is 16.5. The molecule has 0 unspecified atom stereocenters. The summed E-state index contributed by atoms with van der Waals surface area (Å²) in [4.78, 5) is 11.8. The molecule has 3 aromatic rings. The van der Waals surface area contributed by atoms with Crippen LogP contribution in [-0.4, -0.2) is 19.2 Å². The molecule has 0 saturated carbocycles. The van der Waals surface area contributed by atoms with Gasteiger partial charge >= 0.3 is 5.97 Å². The van der Waals surface area contributed by atoms with E-state index in [1.807, 2.05) is 48.5 Å². The van der Waals surface area contributed by atoms with Crippen molar-refractivity contribution in [2.24, 2.45) is 0 Å². The third-order valence-corrected chi connectivity index (χ3v) is 3.52. The molecule has 0 aliphatic rings. The van der Waals surface area contributed by atoms with Crippen LogP contribution in [0.1, 0.15) is 16.8 Å². The summed E-state index contributed by atoms with van der Waals surface area (Å²) in [5, 5.41) is 2.34. The lowest BCUT2D eigenvalue weighted by Crippen LogP contribution is -2.09. The molecule has 0 radical (unpaired) electrons. The number of benzene rings is 3. The van der Waals surface area contributed by atoms with Crippen molar-refractivity contribution in [2.75, 3.05) is 13.2 Å². The Kier molecular flexibility index (Phi) is 4.89. The van der Waals surface area contributed by atoms with Gasteiger partial charge in [-0.3, -0.25) is 0 Å². The molecule has 3 aromatic carbocycles. The Morgan fingerprint density at radius 1 is 0.783 bits per heavy atom. The first-order valence-electron chi connectivity index (χ1n) is 7.67. The minimum Gasteiger partial charge on any atom is -0.493 e. The number of hydrogen-bond acceptors (Lipinski definition) is 3. The molecule has 116 valence electrons. The van der Waals surface area contributed by atoms with E-state index in [0.29, 0.717) is 25.2 Å². The van der Waals surface area contributed by atoms with E-state index in [4.69, 9.17) is 9.47 Å². The summed E-state index contributed by atoms with van der Waals surface area (Å²) in [6.07, 6.45) is 0.658. The van der Waals surface area contributed by atoms with Crippen molar-refractivity contribution in [3.8, 4) is 5.75 Å². The van der Waals surface area contributed by atoms with Gasteiger partial charge < -0.3 is 9.47 Å². The molecule has 23 heavy (non-hydrogen) atoms. The molecule has 0 bridgehead atoms. The van der Waals surface area contributed by atoms with Crippen LogP contribution in [0.25, 0.3) is 10.8 Å². The van der Waals surface area contributed by atoms with Gasteiger partial charge in [0.1, 0.15) is 5.75 Å². The van der Waals surface area contributed by atoms with Crippen LogP contribution < -0.4 is 4.74 Å². The summed E-state index contributed by atoms with van der Waals surface area (Å²) in [6, 6.07) is 23.2. The van der Waals surface area contributed by atoms with Crippen LogP contribution in [0.5, 0.6) is 5.75 Å². The molecule has 0 amide bonds. The van der Waals surface area contributed by atoms with Gasteiger partial charge in [0.25, 0.3) is 0 Å². The van der Waals surface area contributed by atoms with E-state index in [9.17, 15) is 4.79 Å². The zero-order chi connectivity index (χ0) is 15.9. The Labute approximate surface area is 135 Å². The SMILES string of the molecule is O=C(OCCCOc1ccc2ccccc2c1)c1ccccc1. The van der Waals surface area contributed by atoms with Crippen LogP contribution in [-0.2, 0) is 4.74 Å². The lowest BCUT2D eigenvalue weighted by molar-refractivity contribution is 0.0486. The first-order chi connectivity index (χ1) is 11.3. The zero-order valence-electron chi connectivity index (χ0n) is 12.8. The molecule has 0 N–H and O–H groups in total. The van der Waals surface area contributed by atoms with Gasteiger partial charge in [-0.2, -0.15) is 0 Å². The number of rotatable bonds is 6. The molecule has 0 aromatic heterocycles. The van der Waals surface area contributed by atoms with Crippen molar-refractivity contribution < 1.29 is 14.3 Å². The molecule has 0 spiro atoms. The summed E-state index contributed by atoms with van der Waals surface area (Å²) in [7, 11) is 0. The van der Waals surface area contributed by atoms with Crippen LogP contribution in [0.15, 0.2) is 72.8 Å². The lowest BCUT2D eigenvalue weighted by Gasteiger charge is -2.08. The molecule has 0 fully saturated rings. The second kappa shape index (κ2) is 7.45. The summed E-state index contributed by atoms with van der Waals surface area (Å²) in [5.41, 5.74) is 0.572. The molecule has 0 heterocycles. The fourth-order valence-electron chi connectivity index (χ4n) is 2.33. The Hall–Kier alpha value is -2.81. The minimum atomic E-state index is -0.295. The van der Waals surface area contributed by atoms with Crippen LogP contribution in [0.2, 0.25) is 0 Å². The maximum atomic E-state index is 11.8. The molecular formula is C20H18O3. The van der Waals surface area contributed by atoms with Gasteiger partial charge in [-0.05, 0) is 35.0 Å². The Morgan fingerprint density at radius 3 is 2.35 bits per heavy atom.